The van der Waals surface area contributed by atoms with E-state index in [0.29, 0.717) is 0 Å². The van der Waals surface area contributed by atoms with Crippen molar-refractivity contribution in [2.75, 3.05) is 0 Å². The van der Waals surface area contributed by atoms with Crippen molar-refractivity contribution in [2.24, 2.45) is 0 Å². The molecule has 0 aliphatic heterocycles. The Balaban J connectivity index is 1.20. The number of benzene rings is 9. The second kappa shape index (κ2) is 12.0. The minimum atomic E-state index is 1.14. The van der Waals surface area contributed by atoms with Crippen molar-refractivity contribution < 1.29 is 0 Å². The van der Waals surface area contributed by atoms with Crippen molar-refractivity contribution in [3.8, 4) is 50.5 Å². The molecule has 238 valence electrons. The molecule has 9 aromatic carbocycles. The highest BCUT2D eigenvalue weighted by atomic mass is 15.0. The SMILES string of the molecule is c1ccc(-n2c(-c3ccc(-c4cccc5ccccc45)c4ccccc34)ccc2-c2ccc(-c3cccc4ccccc34)c3ccccc23)cc1. The number of hydrogen-bond acceptors (Lipinski definition) is 0. The molecule has 0 fully saturated rings. The van der Waals surface area contributed by atoms with E-state index in [1.54, 1.807) is 0 Å². The molecule has 1 heteroatoms. The van der Waals surface area contributed by atoms with Gasteiger partial charge in [0.15, 0.2) is 0 Å². The Morgan fingerprint density at radius 1 is 0.216 bits per heavy atom. The number of hydrogen-bond donors (Lipinski definition) is 0. The normalized spacial score (nSPS) is 11.5. The number of nitrogens with zero attached hydrogens (tertiary/aromatic N) is 1. The fourth-order valence-corrected chi connectivity index (χ4v) is 8.15. The largest absolute Gasteiger partial charge is 0.309 e. The van der Waals surface area contributed by atoms with E-state index in [1.165, 1.54) is 87.9 Å². The smallest absolute Gasteiger partial charge is 0.0541 e. The van der Waals surface area contributed by atoms with Crippen LogP contribution >= 0.6 is 0 Å². The topological polar surface area (TPSA) is 4.93 Å². The van der Waals surface area contributed by atoms with Crippen LogP contribution in [0.25, 0.3) is 93.5 Å². The van der Waals surface area contributed by atoms with Gasteiger partial charge in [-0.15, -0.1) is 0 Å². The van der Waals surface area contributed by atoms with E-state index >= 15 is 0 Å². The zero-order chi connectivity index (χ0) is 33.7. The van der Waals surface area contributed by atoms with Gasteiger partial charge in [-0.3, -0.25) is 0 Å². The van der Waals surface area contributed by atoms with Crippen LogP contribution in [0, 0.1) is 0 Å². The van der Waals surface area contributed by atoms with Gasteiger partial charge in [0.25, 0.3) is 0 Å². The molecule has 0 saturated heterocycles. The maximum absolute atomic E-state index is 2.44. The lowest BCUT2D eigenvalue weighted by molar-refractivity contribution is 1.10. The van der Waals surface area contributed by atoms with Crippen LogP contribution in [0.3, 0.4) is 0 Å². The molecular formula is C50H33N. The molecule has 1 nitrogen and oxygen atoms in total. The molecule has 0 saturated carbocycles. The van der Waals surface area contributed by atoms with Crippen molar-refractivity contribution in [3.05, 3.63) is 200 Å². The Morgan fingerprint density at radius 2 is 0.549 bits per heavy atom. The third kappa shape index (κ3) is 4.78. The molecule has 0 atom stereocenters. The summed E-state index contributed by atoms with van der Waals surface area (Å²) in [7, 11) is 0. The highest BCUT2D eigenvalue weighted by molar-refractivity contribution is 6.11. The highest BCUT2D eigenvalue weighted by Crippen LogP contribution is 2.43. The van der Waals surface area contributed by atoms with Crippen LogP contribution in [0.2, 0.25) is 0 Å². The zero-order valence-corrected chi connectivity index (χ0v) is 28.0. The first-order valence-electron chi connectivity index (χ1n) is 17.6. The predicted molar refractivity (Wildman–Crippen MR) is 218 cm³/mol. The van der Waals surface area contributed by atoms with Gasteiger partial charge in [0.1, 0.15) is 0 Å². The Morgan fingerprint density at radius 3 is 1.02 bits per heavy atom. The Bertz CT molecular complexity index is 2720. The molecule has 1 aromatic heterocycles. The summed E-state index contributed by atoms with van der Waals surface area (Å²) < 4.78 is 2.44. The number of fused-ring (bicyclic) bond motifs is 4. The molecule has 0 N–H and O–H groups in total. The standard InChI is InChI=1S/C50H33N/c1-2-18-36(19-3-1)51-49(47-30-28-45(41-22-8-10-24-43(41)47)39-26-12-16-34-14-4-6-20-37(34)39)32-33-50(51)48-31-29-46(42-23-9-11-25-44(42)48)40-27-13-17-35-15-5-7-21-38(35)40/h1-33H. The van der Waals surface area contributed by atoms with E-state index in [-0.39, 0.29) is 0 Å². The molecule has 10 rings (SSSR count). The lowest BCUT2D eigenvalue weighted by atomic mass is 9.91. The van der Waals surface area contributed by atoms with Gasteiger partial charge in [0.05, 0.1) is 11.4 Å². The summed E-state index contributed by atoms with van der Waals surface area (Å²) in [6.07, 6.45) is 0. The summed E-state index contributed by atoms with van der Waals surface area (Å²) in [5.41, 5.74) is 10.9. The summed E-state index contributed by atoms with van der Waals surface area (Å²) >= 11 is 0. The summed E-state index contributed by atoms with van der Waals surface area (Å²) in [6, 6.07) is 73.0. The van der Waals surface area contributed by atoms with Gasteiger partial charge in [0.2, 0.25) is 0 Å². The molecule has 0 amide bonds. The molecule has 0 aliphatic carbocycles. The van der Waals surface area contributed by atoms with Crippen molar-refractivity contribution in [1.29, 1.82) is 0 Å². The molecule has 0 aliphatic rings. The summed E-state index contributed by atoms with van der Waals surface area (Å²) in [5.74, 6) is 0. The molecule has 0 unspecified atom stereocenters. The number of para-hydroxylation sites is 1. The quantitative estimate of drug-likeness (QED) is 0.175. The second-order valence-electron chi connectivity index (χ2n) is 13.2. The third-order valence-corrected chi connectivity index (χ3v) is 10.5. The average Bonchev–Trinajstić information content (AvgIpc) is 3.65. The first-order chi connectivity index (χ1) is 25.3. The molecule has 51 heavy (non-hydrogen) atoms. The summed E-state index contributed by atoms with van der Waals surface area (Å²) in [6.45, 7) is 0. The maximum Gasteiger partial charge on any atom is 0.0541 e. The second-order valence-corrected chi connectivity index (χ2v) is 13.2. The van der Waals surface area contributed by atoms with E-state index < -0.39 is 0 Å². The number of aromatic nitrogens is 1. The van der Waals surface area contributed by atoms with Gasteiger partial charge >= 0.3 is 0 Å². The van der Waals surface area contributed by atoms with E-state index in [4.69, 9.17) is 0 Å². The van der Waals surface area contributed by atoms with Gasteiger partial charge in [0, 0.05) is 16.8 Å². The molecule has 0 spiro atoms. The molecule has 0 bridgehead atoms. The van der Waals surface area contributed by atoms with Crippen molar-refractivity contribution in [1.82, 2.24) is 4.57 Å². The zero-order valence-electron chi connectivity index (χ0n) is 28.0. The lowest BCUT2D eigenvalue weighted by Gasteiger charge is -2.19. The third-order valence-electron chi connectivity index (χ3n) is 10.5. The van der Waals surface area contributed by atoms with Crippen LogP contribution in [-0.4, -0.2) is 4.57 Å². The monoisotopic (exact) mass is 647 g/mol. The molecule has 0 radical (unpaired) electrons. The van der Waals surface area contributed by atoms with E-state index in [9.17, 15) is 0 Å². The number of rotatable bonds is 5. The average molecular weight is 648 g/mol. The molecular weight excluding hydrogens is 615 g/mol. The van der Waals surface area contributed by atoms with Crippen LogP contribution in [0.1, 0.15) is 0 Å². The first kappa shape index (κ1) is 29.2. The molecule has 10 aromatic rings. The van der Waals surface area contributed by atoms with Crippen LogP contribution < -0.4 is 0 Å². The minimum absolute atomic E-state index is 1.14. The van der Waals surface area contributed by atoms with Crippen LogP contribution in [-0.2, 0) is 0 Å². The Kier molecular flexibility index (Phi) is 6.89. The van der Waals surface area contributed by atoms with Crippen LogP contribution in [0.15, 0.2) is 200 Å². The van der Waals surface area contributed by atoms with E-state index in [0.717, 1.165) is 5.69 Å². The van der Waals surface area contributed by atoms with E-state index in [1.807, 2.05) is 0 Å². The fourth-order valence-electron chi connectivity index (χ4n) is 8.15. The minimum Gasteiger partial charge on any atom is -0.309 e. The summed E-state index contributed by atoms with van der Waals surface area (Å²) in [4.78, 5) is 0. The van der Waals surface area contributed by atoms with Gasteiger partial charge in [-0.05, 0) is 89.6 Å². The van der Waals surface area contributed by atoms with Crippen LogP contribution in [0.5, 0.6) is 0 Å². The first-order valence-corrected chi connectivity index (χ1v) is 17.6. The lowest BCUT2D eigenvalue weighted by Crippen LogP contribution is -2.00. The maximum atomic E-state index is 2.44. The van der Waals surface area contributed by atoms with Gasteiger partial charge in [-0.25, -0.2) is 0 Å². The van der Waals surface area contributed by atoms with Crippen molar-refractivity contribution >= 4 is 43.1 Å². The highest BCUT2D eigenvalue weighted by Gasteiger charge is 2.20. The van der Waals surface area contributed by atoms with Crippen molar-refractivity contribution in [3.63, 3.8) is 0 Å². The van der Waals surface area contributed by atoms with Crippen molar-refractivity contribution in [2.45, 2.75) is 0 Å². The van der Waals surface area contributed by atoms with Gasteiger partial charge in [-0.1, -0.05) is 176 Å². The van der Waals surface area contributed by atoms with E-state index in [2.05, 4.69) is 205 Å². The molecule has 1 heterocycles. The Hall–Kier alpha value is -6.70. The summed E-state index contributed by atoms with van der Waals surface area (Å²) in [5, 5.41) is 10.0. The van der Waals surface area contributed by atoms with Crippen LogP contribution in [0.4, 0.5) is 0 Å². The predicted octanol–water partition coefficient (Wildman–Crippen LogP) is 13.8. The fraction of sp³-hybridized carbons (Fsp3) is 0. The Labute approximate surface area is 297 Å². The van der Waals surface area contributed by atoms with Gasteiger partial charge in [-0.2, -0.15) is 0 Å². The van der Waals surface area contributed by atoms with Gasteiger partial charge < -0.3 is 4.57 Å².